The zero-order valence-electron chi connectivity index (χ0n) is 16.4. The molecule has 0 saturated heterocycles. The van der Waals surface area contributed by atoms with E-state index in [0.29, 0.717) is 22.7 Å². The Morgan fingerprint density at radius 2 is 2.00 bits per heavy atom. The summed E-state index contributed by atoms with van der Waals surface area (Å²) in [4.78, 5) is 24.4. The maximum Gasteiger partial charge on any atom is 0.262 e. The van der Waals surface area contributed by atoms with Crippen LogP contribution in [-0.4, -0.2) is 30.1 Å². The lowest BCUT2D eigenvalue weighted by Crippen LogP contribution is -2.25. The van der Waals surface area contributed by atoms with Crippen LogP contribution in [0.3, 0.4) is 0 Å². The Hall–Kier alpha value is -3.74. The second kappa shape index (κ2) is 7.35. The van der Waals surface area contributed by atoms with E-state index in [4.69, 9.17) is 9.47 Å². The van der Waals surface area contributed by atoms with Crippen molar-refractivity contribution >= 4 is 23.2 Å². The van der Waals surface area contributed by atoms with Crippen LogP contribution in [0.15, 0.2) is 48.5 Å². The number of ether oxygens (including phenoxy) is 2. The van der Waals surface area contributed by atoms with Gasteiger partial charge in [-0.05, 0) is 50.2 Å². The van der Waals surface area contributed by atoms with Crippen LogP contribution in [0.1, 0.15) is 21.7 Å². The van der Waals surface area contributed by atoms with E-state index < -0.39 is 0 Å². The molecule has 0 unspecified atom stereocenters. The van der Waals surface area contributed by atoms with Crippen LogP contribution >= 0.6 is 0 Å². The third-order valence-electron chi connectivity index (χ3n) is 4.86. The van der Waals surface area contributed by atoms with Gasteiger partial charge in [-0.15, -0.1) is 0 Å². The fourth-order valence-corrected chi connectivity index (χ4v) is 3.50. The number of nitrogens with zero attached hydrogens (tertiary/aromatic N) is 1. The third-order valence-corrected chi connectivity index (χ3v) is 4.86. The fourth-order valence-electron chi connectivity index (χ4n) is 3.50. The number of amides is 2. The van der Waals surface area contributed by atoms with Crippen LogP contribution in [0.25, 0.3) is 5.69 Å². The molecule has 7 nitrogen and oxygen atoms in total. The normalized spacial score (nSPS) is 12.6. The lowest BCUT2D eigenvalue weighted by Gasteiger charge is -2.18. The molecule has 4 rings (SSSR count). The van der Waals surface area contributed by atoms with E-state index in [0.717, 1.165) is 22.8 Å². The van der Waals surface area contributed by atoms with E-state index in [-0.39, 0.29) is 18.4 Å². The smallest absolute Gasteiger partial charge is 0.262 e. The molecule has 0 atom stereocenters. The van der Waals surface area contributed by atoms with Crippen molar-refractivity contribution in [1.82, 2.24) is 4.57 Å². The van der Waals surface area contributed by atoms with Crippen LogP contribution < -0.4 is 20.1 Å². The van der Waals surface area contributed by atoms with Gasteiger partial charge in [-0.25, -0.2) is 0 Å². The van der Waals surface area contributed by atoms with E-state index in [1.54, 1.807) is 25.3 Å². The van der Waals surface area contributed by atoms with Crippen molar-refractivity contribution in [2.24, 2.45) is 0 Å². The Balaban J connectivity index is 1.61. The molecular formula is C22H21N3O4. The van der Waals surface area contributed by atoms with Gasteiger partial charge in [0.2, 0.25) is 0 Å². The van der Waals surface area contributed by atoms with E-state index in [1.165, 1.54) is 0 Å². The first kappa shape index (κ1) is 18.6. The minimum absolute atomic E-state index is 0.00500. The lowest BCUT2D eigenvalue weighted by molar-refractivity contribution is -0.118. The number of hydrogen-bond acceptors (Lipinski definition) is 4. The number of carbonyl (C=O) groups is 2. The summed E-state index contributed by atoms with van der Waals surface area (Å²) < 4.78 is 12.7. The minimum atomic E-state index is -0.227. The molecule has 0 aliphatic carbocycles. The number of nitrogens with one attached hydrogen (secondary N) is 2. The molecular weight excluding hydrogens is 370 g/mol. The molecule has 3 aromatic rings. The van der Waals surface area contributed by atoms with E-state index in [1.807, 2.05) is 48.7 Å². The number of aromatic nitrogens is 1. The van der Waals surface area contributed by atoms with E-state index in [2.05, 4.69) is 10.6 Å². The first-order chi connectivity index (χ1) is 14.0. The Labute approximate surface area is 168 Å². The number of rotatable bonds is 4. The molecule has 0 bridgehead atoms. The molecule has 1 aromatic heterocycles. The number of benzene rings is 2. The van der Waals surface area contributed by atoms with Crippen LogP contribution in [0.2, 0.25) is 0 Å². The summed E-state index contributed by atoms with van der Waals surface area (Å²) >= 11 is 0. The summed E-state index contributed by atoms with van der Waals surface area (Å²) in [6.45, 7) is 3.85. The van der Waals surface area contributed by atoms with Crippen molar-refractivity contribution in [3.05, 3.63) is 65.5 Å². The van der Waals surface area contributed by atoms with Gasteiger partial charge in [0.15, 0.2) is 6.61 Å². The SMILES string of the molecule is COc1cccc(-n2c(C)cc(C(=O)Nc3ccc4c(c3)NC(=O)CO4)c2C)c1. The van der Waals surface area contributed by atoms with Gasteiger partial charge in [0.05, 0.1) is 18.4 Å². The van der Waals surface area contributed by atoms with Crippen molar-refractivity contribution in [1.29, 1.82) is 0 Å². The molecule has 7 heteroatoms. The summed E-state index contributed by atoms with van der Waals surface area (Å²) in [5.41, 5.74) is 4.37. The molecule has 0 saturated carbocycles. The standard InChI is InChI=1S/C22H21N3O4/c1-13-9-18(14(2)25(13)16-5-4-6-17(11-16)28-3)22(27)23-15-7-8-20-19(10-15)24-21(26)12-29-20/h4-11H,12H2,1-3H3,(H,23,27)(H,24,26). The Morgan fingerprint density at radius 3 is 2.79 bits per heavy atom. The van der Waals surface area contributed by atoms with E-state index in [9.17, 15) is 9.59 Å². The first-order valence-electron chi connectivity index (χ1n) is 9.17. The summed E-state index contributed by atoms with van der Waals surface area (Å²) in [7, 11) is 1.62. The summed E-state index contributed by atoms with van der Waals surface area (Å²) in [6.07, 6.45) is 0. The van der Waals surface area contributed by atoms with Gasteiger partial charge in [-0.3, -0.25) is 9.59 Å². The number of methoxy groups -OCH3 is 1. The van der Waals surface area contributed by atoms with Crippen LogP contribution in [0.4, 0.5) is 11.4 Å². The summed E-state index contributed by atoms with van der Waals surface area (Å²) in [5.74, 6) is 0.885. The number of hydrogen-bond donors (Lipinski definition) is 2. The van der Waals surface area contributed by atoms with Gasteiger partial charge in [0.25, 0.3) is 11.8 Å². The van der Waals surface area contributed by atoms with Crippen molar-refractivity contribution in [2.75, 3.05) is 24.4 Å². The molecule has 148 valence electrons. The van der Waals surface area contributed by atoms with Crippen molar-refractivity contribution in [2.45, 2.75) is 13.8 Å². The van der Waals surface area contributed by atoms with Gasteiger partial charge >= 0.3 is 0 Å². The minimum Gasteiger partial charge on any atom is -0.497 e. The zero-order valence-corrected chi connectivity index (χ0v) is 16.4. The first-order valence-corrected chi connectivity index (χ1v) is 9.17. The molecule has 0 radical (unpaired) electrons. The molecule has 29 heavy (non-hydrogen) atoms. The van der Waals surface area contributed by atoms with Crippen molar-refractivity contribution < 1.29 is 19.1 Å². The molecule has 1 aliphatic rings. The predicted molar refractivity (Wildman–Crippen MR) is 110 cm³/mol. The molecule has 1 aliphatic heterocycles. The van der Waals surface area contributed by atoms with Crippen LogP contribution in [0.5, 0.6) is 11.5 Å². The number of fused-ring (bicyclic) bond motifs is 1. The highest BCUT2D eigenvalue weighted by molar-refractivity contribution is 6.06. The topological polar surface area (TPSA) is 81.6 Å². The molecule has 2 amide bonds. The number of anilines is 2. The van der Waals surface area contributed by atoms with Crippen molar-refractivity contribution in [3.63, 3.8) is 0 Å². The van der Waals surface area contributed by atoms with Gasteiger partial charge in [-0.2, -0.15) is 0 Å². The number of aryl methyl sites for hydroxylation is 1. The largest absolute Gasteiger partial charge is 0.497 e. The molecule has 0 spiro atoms. The van der Waals surface area contributed by atoms with E-state index >= 15 is 0 Å². The fraction of sp³-hybridized carbons (Fsp3) is 0.182. The van der Waals surface area contributed by atoms with Crippen LogP contribution in [-0.2, 0) is 4.79 Å². The molecule has 2 aromatic carbocycles. The molecule has 0 fully saturated rings. The highest BCUT2D eigenvalue weighted by Gasteiger charge is 2.19. The third kappa shape index (κ3) is 3.54. The average molecular weight is 391 g/mol. The summed E-state index contributed by atoms with van der Waals surface area (Å²) in [5, 5.41) is 5.63. The van der Waals surface area contributed by atoms with Crippen LogP contribution in [0, 0.1) is 13.8 Å². The quantitative estimate of drug-likeness (QED) is 0.711. The van der Waals surface area contributed by atoms with Gasteiger partial charge in [0.1, 0.15) is 11.5 Å². The Morgan fingerprint density at radius 1 is 1.17 bits per heavy atom. The number of carbonyl (C=O) groups excluding carboxylic acids is 2. The highest BCUT2D eigenvalue weighted by Crippen LogP contribution is 2.31. The summed E-state index contributed by atoms with van der Waals surface area (Å²) in [6, 6.07) is 14.7. The predicted octanol–water partition coefficient (Wildman–Crippen LogP) is 3.69. The Bertz CT molecular complexity index is 1120. The maximum absolute atomic E-state index is 12.9. The van der Waals surface area contributed by atoms with Gasteiger partial charge < -0.3 is 24.7 Å². The van der Waals surface area contributed by atoms with Gasteiger partial charge in [0, 0.05) is 28.8 Å². The zero-order chi connectivity index (χ0) is 20.5. The highest BCUT2D eigenvalue weighted by atomic mass is 16.5. The Kier molecular flexibility index (Phi) is 4.72. The lowest BCUT2D eigenvalue weighted by atomic mass is 10.2. The maximum atomic E-state index is 12.9. The van der Waals surface area contributed by atoms with Crippen molar-refractivity contribution in [3.8, 4) is 17.2 Å². The second-order valence-electron chi connectivity index (χ2n) is 6.82. The molecule has 2 heterocycles. The van der Waals surface area contributed by atoms with Gasteiger partial charge in [-0.1, -0.05) is 6.07 Å². The average Bonchev–Trinajstić information content (AvgIpc) is 3.02. The monoisotopic (exact) mass is 391 g/mol. The molecule has 2 N–H and O–H groups in total. The second-order valence-corrected chi connectivity index (χ2v) is 6.82.